The molecule has 0 aliphatic heterocycles. The molecular weight excluding hydrogens is 270 g/mol. The molecule has 1 atom stereocenters. The second-order valence-electron chi connectivity index (χ2n) is 4.33. The Morgan fingerprint density at radius 1 is 1.00 bits per heavy atom. The van der Waals surface area contributed by atoms with E-state index in [0.29, 0.717) is 16.9 Å². The Balaban J connectivity index is 2.16. The summed E-state index contributed by atoms with van der Waals surface area (Å²) in [4.78, 5) is 23.6. The van der Waals surface area contributed by atoms with Crippen LogP contribution in [0.1, 0.15) is 22.0 Å². The average molecular weight is 285 g/mol. The Morgan fingerprint density at radius 2 is 1.62 bits per heavy atom. The van der Waals surface area contributed by atoms with E-state index < -0.39 is 18.0 Å². The summed E-state index contributed by atoms with van der Waals surface area (Å²) in [6, 6.07) is 15.0. The van der Waals surface area contributed by atoms with Crippen molar-refractivity contribution in [3.63, 3.8) is 0 Å². The van der Waals surface area contributed by atoms with Gasteiger partial charge < -0.3 is 15.2 Å². The van der Waals surface area contributed by atoms with Crippen molar-refractivity contribution in [1.82, 2.24) is 0 Å². The first-order valence-electron chi connectivity index (χ1n) is 6.31. The summed E-state index contributed by atoms with van der Waals surface area (Å²) in [5, 5.41) is 0. The standard InChI is InChI=1S/C16H15NO4/c1-20-13-9-7-12(8-10-13)16(19)21-14(15(17)18)11-5-3-2-4-6-11/h2-10,14H,1H3,(H2,17,18). The Bertz CT molecular complexity index is 622. The van der Waals surface area contributed by atoms with Gasteiger partial charge in [0, 0.05) is 5.56 Å². The highest BCUT2D eigenvalue weighted by Crippen LogP contribution is 2.20. The number of hydrogen-bond donors (Lipinski definition) is 1. The molecule has 0 heterocycles. The smallest absolute Gasteiger partial charge is 0.339 e. The fourth-order valence-electron chi connectivity index (χ4n) is 1.82. The monoisotopic (exact) mass is 285 g/mol. The number of esters is 1. The van der Waals surface area contributed by atoms with Crippen LogP contribution in [0.3, 0.4) is 0 Å². The number of carbonyl (C=O) groups is 2. The summed E-state index contributed by atoms with van der Waals surface area (Å²) in [6.07, 6.45) is -1.11. The highest BCUT2D eigenvalue weighted by molar-refractivity contribution is 5.92. The molecule has 0 aliphatic rings. The van der Waals surface area contributed by atoms with E-state index in [4.69, 9.17) is 15.2 Å². The van der Waals surface area contributed by atoms with Gasteiger partial charge in [-0.3, -0.25) is 4.79 Å². The lowest BCUT2D eigenvalue weighted by molar-refractivity contribution is -0.127. The van der Waals surface area contributed by atoms with Gasteiger partial charge >= 0.3 is 5.97 Å². The number of methoxy groups -OCH3 is 1. The Hall–Kier alpha value is -2.82. The van der Waals surface area contributed by atoms with Crippen LogP contribution >= 0.6 is 0 Å². The molecule has 5 nitrogen and oxygen atoms in total. The van der Waals surface area contributed by atoms with Crippen LogP contribution in [0, 0.1) is 0 Å². The minimum Gasteiger partial charge on any atom is -0.497 e. The molecule has 0 aliphatic carbocycles. The minimum absolute atomic E-state index is 0.318. The van der Waals surface area contributed by atoms with Crippen molar-refractivity contribution in [2.45, 2.75) is 6.10 Å². The van der Waals surface area contributed by atoms with Gasteiger partial charge in [0.25, 0.3) is 5.91 Å². The normalized spacial score (nSPS) is 11.5. The summed E-state index contributed by atoms with van der Waals surface area (Å²) < 4.78 is 10.2. The summed E-state index contributed by atoms with van der Waals surface area (Å²) >= 11 is 0. The molecule has 21 heavy (non-hydrogen) atoms. The third-order valence-electron chi connectivity index (χ3n) is 2.91. The Kier molecular flexibility index (Phi) is 4.56. The number of ether oxygens (including phenoxy) is 2. The fraction of sp³-hybridized carbons (Fsp3) is 0.125. The zero-order chi connectivity index (χ0) is 15.2. The largest absolute Gasteiger partial charge is 0.497 e. The van der Waals surface area contributed by atoms with Gasteiger partial charge in [-0.25, -0.2) is 4.79 Å². The van der Waals surface area contributed by atoms with Gasteiger partial charge in [-0.1, -0.05) is 30.3 Å². The maximum absolute atomic E-state index is 12.1. The van der Waals surface area contributed by atoms with E-state index in [9.17, 15) is 9.59 Å². The summed E-state index contributed by atoms with van der Waals surface area (Å²) in [5.74, 6) is -0.713. The molecule has 0 fully saturated rings. The molecule has 0 spiro atoms. The second-order valence-corrected chi connectivity index (χ2v) is 4.33. The van der Waals surface area contributed by atoms with Gasteiger partial charge in [-0.05, 0) is 24.3 Å². The highest BCUT2D eigenvalue weighted by Gasteiger charge is 2.23. The van der Waals surface area contributed by atoms with Crippen molar-refractivity contribution < 1.29 is 19.1 Å². The molecule has 0 radical (unpaired) electrons. The van der Waals surface area contributed by atoms with Crippen LogP contribution in [0.25, 0.3) is 0 Å². The van der Waals surface area contributed by atoms with Crippen LogP contribution in [-0.4, -0.2) is 19.0 Å². The van der Waals surface area contributed by atoms with Crippen LogP contribution in [-0.2, 0) is 9.53 Å². The van der Waals surface area contributed by atoms with Gasteiger partial charge in [0.05, 0.1) is 12.7 Å². The maximum Gasteiger partial charge on any atom is 0.339 e. The molecule has 5 heteroatoms. The van der Waals surface area contributed by atoms with Gasteiger partial charge in [0.2, 0.25) is 6.10 Å². The molecule has 2 aromatic rings. The molecule has 2 N–H and O–H groups in total. The SMILES string of the molecule is COc1ccc(C(=O)OC(C(N)=O)c2ccccc2)cc1. The molecule has 0 bridgehead atoms. The van der Waals surface area contributed by atoms with E-state index in [2.05, 4.69) is 0 Å². The molecule has 2 rings (SSSR count). The maximum atomic E-state index is 12.1. The van der Waals surface area contributed by atoms with Crippen molar-refractivity contribution in [2.24, 2.45) is 5.73 Å². The Labute approximate surface area is 122 Å². The van der Waals surface area contributed by atoms with Gasteiger partial charge in [0.1, 0.15) is 5.75 Å². The van der Waals surface area contributed by atoms with Gasteiger partial charge in [-0.2, -0.15) is 0 Å². The lowest BCUT2D eigenvalue weighted by Gasteiger charge is -2.15. The predicted octanol–water partition coefficient (Wildman–Crippen LogP) is 2.08. The van der Waals surface area contributed by atoms with E-state index in [0.717, 1.165) is 0 Å². The van der Waals surface area contributed by atoms with E-state index in [1.54, 1.807) is 54.6 Å². The number of hydrogen-bond acceptors (Lipinski definition) is 4. The zero-order valence-electron chi connectivity index (χ0n) is 11.5. The summed E-state index contributed by atoms with van der Waals surface area (Å²) in [5.41, 5.74) is 6.16. The average Bonchev–Trinajstić information content (AvgIpc) is 2.53. The van der Waals surface area contributed by atoms with Crippen LogP contribution in [0.15, 0.2) is 54.6 Å². The third-order valence-corrected chi connectivity index (χ3v) is 2.91. The first kappa shape index (κ1) is 14.6. The van der Waals surface area contributed by atoms with Crippen LogP contribution in [0.2, 0.25) is 0 Å². The topological polar surface area (TPSA) is 78.6 Å². The molecule has 1 unspecified atom stereocenters. The second kappa shape index (κ2) is 6.56. The first-order chi connectivity index (χ1) is 10.1. The van der Waals surface area contributed by atoms with Crippen LogP contribution < -0.4 is 10.5 Å². The molecule has 108 valence electrons. The van der Waals surface area contributed by atoms with Crippen molar-refractivity contribution in [1.29, 1.82) is 0 Å². The first-order valence-corrected chi connectivity index (χ1v) is 6.31. The lowest BCUT2D eigenvalue weighted by atomic mass is 10.1. The van der Waals surface area contributed by atoms with Gasteiger partial charge in [-0.15, -0.1) is 0 Å². The zero-order valence-corrected chi connectivity index (χ0v) is 11.5. The van der Waals surface area contributed by atoms with Crippen LogP contribution in [0.4, 0.5) is 0 Å². The number of rotatable bonds is 5. The molecule has 2 aromatic carbocycles. The summed E-state index contributed by atoms with van der Waals surface area (Å²) in [7, 11) is 1.53. The number of primary amides is 1. The lowest BCUT2D eigenvalue weighted by Crippen LogP contribution is -2.26. The highest BCUT2D eigenvalue weighted by atomic mass is 16.5. The van der Waals surface area contributed by atoms with E-state index in [-0.39, 0.29) is 0 Å². The van der Waals surface area contributed by atoms with Gasteiger partial charge in [0.15, 0.2) is 0 Å². The minimum atomic E-state index is -1.11. The van der Waals surface area contributed by atoms with Crippen molar-refractivity contribution >= 4 is 11.9 Å². The van der Waals surface area contributed by atoms with Crippen LogP contribution in [0.5, 0.6) is 5.75 Å². The Morgan fingerprint density at radius 3 is 2.14 bits per heavy atom. The molecular formula is C16H15NO4. The van der Waals surface area contributed by atoms with Crippen molar-refractivity contribution in [3.8, 4) is 5.75 Å². The summed E-state index contributed by atoms with van der Waals surface area (Å²) in [6.45, 7) is 0. The van der Waals surface area contributed by atoms with Crippen molar-refractivity contribution in [2.75, 3.05) is 7.11 Å². The number of amides is 1. The molecule has 0 saturated carbocycles. The molecule has 0 saturated heterocycles. The quantitative estimate of drug-likeness (QED) is 0.853. The number of benzene rings is 2. The number of carbonyl (C=O) groups excluding carboxylic acids is 2. The third kappa shape index (κ3) is 3.60. The van der Waals surface area contributed by atoms with Crippen molar-refractivity contribution in [3.05, 3.63) is 65.7 Å². The fourth-order valence-corrected chi connectivity index (χ4v) is 1.82. The molecule has 0 aromatic heterocycles. The van der Waals surface area contributed by atoms with E-state index >= 15 is 0 Å². The van der Waals surface area contributed by atoms with E-state index in [1.165, 1.54) is 7.11 Å². The van der Waals surface area contributed by atoms with E-state index in [1.807, 2.05) is 0 Å². The number of nitrogens with two attached hydrogens (primary N) is 1. The predicted molar refractivity (Wildman–Crippen MR) is 76.8 cm³/mol. The molecule has 1 amide bonds.